The van der Waals surface area contributed by atoms with Crippen LogP contribution in [0, 0.1) is 20.8 Å². The second-order valence-corrected chi connectivity index (χ2v) is 5.41. The van der Waals surface area contributed by atoms with Crippen molar-refractivity contribution in [2.75, 3.05) is 0 Å². The van der Waals surface area contributed by atoms with E-state index in [0.717, 1.165) is 23.5 Å². The number of benzene rings is 1. The zero-order valence-electron chi connectivity index (χ0n) is 12.7. The van der Waals surface area contributed by atoms with Gasteiger partial charge in [-0.05, 0) is 44.9 Å². The van der Waals surface area contributed by atoms with Crippen molar-refractivity contribution in [1.29, 1.82) is 0 Å². The molecule has 0 saturated heterocycles. The van der Waals surface area contributed by atoms with Gasteiger partial charge in [0.15, 0.2) is 0 Å². The molecule has 0 atom stereocenters. The molecule has 0 aliphatic carbocycles. The fourth-order valence-corrected chi connectivity index (χ4v) is 2.48. The van der Waals surface area contributed by atoms with Gasteiger partial charge in [0.05, 0.1) is 5.69 Å². The van der Waals surface area contributed by atoms with Gasteiger partial charge in [0.1, 0.15) is 5.78 Å². The monoisotopic (exact) mass is 270 g/mol. The van der Waals surface area contributed by atoms with Crippen LogP contribution in [0.1, 0.15) is 35.0 Å². The van der Waals surface area contributed by atoms with E-state index in [-0.39, 0.29) is 5.78 Å². The number of hydrogen-bond donors (Lipinski definition) is 0. The van der Waals surface area contributed by atoms with Gasteiger partial charge < -0.3 is 0 Å². The maximum atomic E-state index is 12.3. The third kappa shape index (κ3) is 3.35. The molecule has 3 nitrogen and oxygen atoms in total. The predicted molar refractivity (Wildman–Crippen MR) is 81.0 cm³/mol. The van der Waals surface area contributed by atoms with Crippen molar-refractivity contribution in [2.24, 2.45) is 0 Å². The van der Waals surface area contributed by atoms with Crippen molar-refractivity contribution in [3.8, 4) is 0 Å². The van der Waals surface area contributed by atoms with Crippen LogP contribution in [-0.4, -0.2) is 15.6 Å². The minimum absolute atomic E-state index is 0.244. The number of carbonyl (C=O) groups is 1. The van der Waals surface area contributed by atoms with Crippen LogP contribution in [0.4, 0.5) is 0 Å². The average Bonchev–Trinajstić information content (AvgIpc) is 2.74. The highest BCUT2D eigenvalue weighted by molar-refractivity contribution is 5.83. The van der Waals surface area contributed by atoms with E-state index in [1.807, 2.05) is 24.6 Å². The number of nitrogens with zero attached hydrogens (tertiary/aromatic N) is 2. The molecule has 106 valence electrons. The van der Waals surface area contributed by atoms with Gasteiger partial charge >= 0.3 is 0 Å². The Labute approximate surface area is 120 Å². The first kappa shape index (κ1) is 14.5. The summed E-state index contributed by atoms with van der Waals surface area (Å²) < 4.78 is 1.91. The van der Waals surface area contributed by atoms with E-state index in [1.165, 1.54) is 11.1 Å². The molecule has 1 aromatic heterocycles. The van der Waals surface area contributed by atoms with Gasteiger partial charge in [-0.3, -0.25) is 9.48 Å². The first-order valence-corrected chi connectivity index (χ1v) is 7.10. The lowest BCUT2D eigenvalue weighted by molar-refractivity contribution is -0.117. The summed E-state index contributed by atoms with van der Waals surface area (Å²) in [6.07, 6.45) is 0.962. The normalized spacial score (nSPS) is 10.8. The molecule has 0 unspecified atom stereocenters. The zero-order valence-corrected chi connectivity index (χ0v) is 12.7. The van der Waals surface area contributed by atoms with Gasteiger partial charge in [-0.2, -0.15) is 5.10 Å². The van der Waals surface area contributed by atoms with E-state index >= 15 is 0 Å². The highest BCUT2D eigenvalue weighted by Crippen LogP contribution is 2.13. The third-order valence-corrected chi connectivity index (χ3v) is 3.56. The molecular weight excluding hydrogens is 248 g/mol. The molecule has 0 radical (unpaired) electrons. The van der Waals surface area contributed by atoms with E-state index < -0.39 is 0 Å². The SMILES string of the molecule is CCn1nc(C)cc1CC(=O)Cc1cc(C)ccc1C. The Hall–Kier alpha value is -1.90. The molecule has 0 aliphatic heterocycles. The van der Waals surface area contributed by atoms with Gasteiger partial charge in [0.25, 0.3) is 0 Å². The lowest BCUT2D eigenvalue weighted by atomic mass is 9.99. The molecule has 0 fully saturated rings. The van der Waals surface area contributed by atoms with E-state index in [4.69, 9.17) is 0 Å². The van der Waals surface area contributed by atoms with Gasteiger partial charge in [-0.25, -0.2) is 0 Å². The molecule has 0 spiro atoms. The van der Waals surface area contributed by atoms with Crippen LogP contribution in [0.2, 0.25) is 0 Å². The number of ketones is 1. The molecule has 0 saturated carbocycles. The van der Waals surface area contributed by atoms with E-state index in [2.05, 4.69) is 37.1 Å². The first-order chi connectivity index (χ1) is 9.49. The summed E-state index contributed by atoms with van der Waals surface area (Å²) >= 11 is 0. The second-order valence-electron chi connectivity index (χ2n) is 5.41. The maximum absolute atomic E-state index is 12.3. The zero-order chi connectivity index (χ0) is 14.7. The summed E-state index contributed by atoms with van der Waals surface area (Å²) in [4.78, 5) is 12.3. The minimum Gasteiger partial charge on any atom is -0.299 e. The summed E-state index contributed by atoms with van der Waals surface area (Å²) in [7, 11) is 0. The van der Waals surface area contributed by atoms with Gasteiger partial charge in [0.2, 0.25) is 0 Å². The van der Waals surface area contributed by atoms with Crippen molar-refractivity contribution in [3.05, 3.63) is 52.3 Å². The van der Waals surface area contributed by atoms with Crippen molar-refractivity contribution in [3.63, 3.8) is 0 Å². The third-order valence-electron chi connectivity index (χ3n) is 3.56. The summed E-state index contributed by atoms with van der Waals surface area (Å²) in [5, 5.41) is 4.39. The molecule has 0 bridgehead atoms. The summed E-state index contributed by atoms with van der Waals surface area (Å²) in [6.45, 7) is 8.93. The molecule has 20 heavy (non-hydrogen) atoms. The summed E-state index contributed by atoms with van der Waals surface area (Å²) in [5.74, 6) is 0.244. The van der Waals surface area contributed by atoms with Crippen molar-refractivity contribution < 1.29 is 4.79 Å². The van der Waals surface area contributed by atoms with Crippen LogP contribution in [0.15, 0.2) is 24.3 Å². The van der Waals surface area contributed by atoms with Crippen LogP contribution in [0.25, 0.3) is 0 Å². The number of rotatable bonds is 5. The molecule has 1 heterocycles. The molecule has 3 heteroatoms. The highest BCUT2D eigenvalue weighted by atomic mass is 16.1. The fourth-order valence-electron chi connectivity index (χ4n) is 2.48. The predicted octanol–water partition coefficient (Wildman–Crippen LogP) is 3.18. The lowest BCUT2D eigenvalue weighted by Gasteiger charge is -2.07. The number of carbonyl (C=O) groups excluding carboxylic acids is 1. The topological polar surface area (TPSA) is 34.9 Å². The Balaban J connectivity index is 2.10. The van der Waals surface area contributed by atoms with Crippen molar-refractivity contribution in [2.45, 2.75) is 47.1 Å². The van der Waals surface area contributed by atoms with E-state index in [9.17, 15) is 4.79 Å². The summed E-state index contributed by atoms with van der Waals surface area (Å²) in [5.41, 5.74) is 5.51. The van der Waals surface area contributed by atoms with Crippen molar-refractivity contribution >= 4 is 5.78 Å². The van der Waals surface area contributed by atoms with Crippen LogP contribution < -0.4 is 0 Å². The number of aryl methyl sites for hydroxylation is 4. The molecule has 0 aliphatic rings. The number of hydrogen-bond acceptors (Lipinski definition) is 2. The Bertz CT molecular complexity index is 626. The van der Waals surface area contributed by atoms with Crippen LogP contribution in [0.3, 0.4) is 0 Å². The Kier molecular flexibility index (Phi) is 4.38. The minimum atomic E-state index is 0.244. The van der Waals surface area contributed by atoms with Crippen molar-refractivity contribution in [1.82, 2.24) is 9.78 Å². The quantitative estimate of drug-likeness (QED) is 0.836. The number of aromatic nitrogens is 2. The van der Waals surface area contributed by atoms with E-state index in [1.54, 1.807) is 0 Å². The molecule has 2 rings (SSSR count). The standard InChI is InChI=1S/C17H22N2O/c1-5-19-16(9-14(4)18-19)11-17(20)10-15-8-12(2)6-7-13(15)3/h6-9H,5,10-11H2,1-4H3. The Morgan fingerprint density at radius 1 is 1.15 bits per heavy atom. The van der Waals surface area contributed by atoms with Gasteiger partial charge in [-0.1, -0.05) is 23.8 Å². The number of Topliss-reactive ketones (excluding diaryl/α,β-unsaturated/α-hetero) is 1. The summed E-state index contributed by atoms with van der Waals surface area (Å²) in [6, 6.07) is 8.28. The second kappa shape index (κ2) is 6.04. The van der Waals surface area contributed by atoms with Crippen LogP contribution >= 0.6 is 0 Å². The average molecular weight is 270 g/mol. The maximum Gasteiger partial charge on any atom is 0.143 e. The van der Waals surface area contributed by atoms with E-state index in [0.29, 0.717) is 12.8 Å². The van der Waals surface area contributed by atoms with Crippen LogP contribution in [-0.2, 0) is 24.2 Å². The first-order valence-electron chi connectivity index (χ1n) is 7.10. The Morgan fingerprint density at radius 2 is 1.90 bits per heavy atom. The lowest BCUT2D eigenvalue weighted by Crippen LogP contribution is -2.12. The molecule has 0 N–H and O–H groups in total. The Morgan fingerprint density at radius 3 is 2.60 bits per heavy atom. The largest absolute Gasteiger partial charge is 0.299 e. The highest BCUT2D eigenvalue weighted by Gasteiger charge is 2.11. The molecule has 2 aromatic rings. The van der Waals surface area contributed by atoms with Gasteiger partial charge in [0, 0.05) is 25.1 Å². The fraction of sp³-hybridized carbons (Fsp3) is 0.412. The smallest absolute Gasteiger partial charge is 0.143 e. The van der Waals surface area contributed by atoms with Gasteiger partial charge in [-0.15, -0.1) is 0 Å². The molecule has 1 aromatic carbocycles. The molecule has 0 amide bonds. The van der Waals surface area contributed by atoms with Crippen LogP contribution in [0.5, 0.6) is 0 Å². The molecular formula is C17H22N2O.